The number of furan rings is 1. The summed E-state index contributed by atoms with van der Waals surface area (Å²) in [6.07, 6.45) is 5.67. The van der Waals surface area contributed by atoms with E-state index in [2.05, 4.69) is 20.2 Å². The van der Waals surface area contributed by atoms with Crippen LogP contribution >= 0.6 is 0 Å². The molecule has 1 aliphatic heterocycles. The van der Waals surface area contributed by atoms with Crippen LogP contribution in [0.15, 0.2) is 35.2 Å². The van der Waals surface area contributed by atoms with Crippen LogP contribution in [0.3, 0.4) is 0 Å². The van der Waals surface area contributed by atoms with Crippen LogP contribution in [0, 0.1) is 0 Å². The van der Waals surface area contributed by atoms with Gasteiger partial charge in [0.1, 0.15) is 23.4 Å². The molecule has 0 saturated carbocycles. The number of nitrogens with one attached hydrogen (secondary N) is 1. The smallest absolute Gasteiger partial charge is 0.205 e. The quantitative estimate of drug-likeness (QED) is 0.617. The van der Waals surface area contributed by atoms with Crippen molar-refractivity contribution in [3.63, 3.8) is 0 Å². The lowest BCUT2D eigenvalue weighted by Crippen LogP contribution is -2.31. The highest BCUT2D eigenvalue weighted by atomic mass is 16.5. The largest absolute Gasteiger partial charge is 0.493 e. The molecule has 1 saturated heterocycles. The lowest BCUT2D eigenvalue weighted by molar-refractivity contribution is 0.225. The molecule has 0 spiro atoms. The van der Waals surface area contributed by atoms with Crippen LogP contribution in [0.1, 0.15) is 24.6 Å². The number of aromatic nitrogens is 2. The van der Waals surface area contributed by atoms with Gasteiger partial charge in [-0.25, -0.2) is 9.97 Å². The Kier molecular flexibility index (Phi) is 5.71. The molecule has 0 bridgehead atoms. The van der Waals surface area contributed by atoms with E-state index in [-0.39, 0.29) is 6.04 Å². The number of hydrogen-bond acceptors (Lipinski definition) is 8. The van der Waals surface area contributed by atoms with Gasteiger partial charge in [0.05, 0.1) is 39.0 Å². The summed E-state index contributed by atoms with van der Waals surface area (Å²) in [7, 11) is 4.77. The van der Waals surface area contributed by atoms with E-state index >= 15 is 0 Å². The molecule has 1 fully saturated rings. The Labute approximate surface area is 169 Å². The molecule has 8 heteroatoms. The lowest BCUT2D eigenvalue weighted by Gasteiger charge is -2.26. The van der Waals surface area contributed by atoms with Gasteiger partial charge in [-0.15, -0.1) is 0 Å². The third-order valence-electron chi connectivity index (χ3n) is 5.35. The fourth-order valence-corrected chi connectivity index (χ4v) is 3.94. The maximum absolute atomic E-state index is 5.72. The summed E-state index contributed by atoms with van der Waals surface area (Å²) < 4.78 is 22.2. The van der Waals surface area contributed by atoms with Gasteiger partial charge in [0.25, 0.3) is 0 Å². The number of hydrogen-bond donors (Lipinski definition) is 1. The van der Waals surface area contributed by atoms with E-state index < -0.39 is 0 Å². The Morgan fingerprint density at radius 3 is 2.55 bits per heavy atom. The number of likely N-dealkylation sites (tertiary alicyclic amines) is 1. The lowest BCUT2D eigenvalue weighted by atomic mass is 10.1. The number of ether oxygens (including phenoxy) is 3. The van der Waals surface area contributed by atoms with Crippen molar-refractivity contribution < 1.29 is 18.6 Å². The Bertz CT molecular complexity index is 955. The molecule has 1 N–H and O–H groups in total. The molecule has 0 aliphatic carbocycles. The zero-order valence-electron chi connectivity index (χ0n) is 17.0. The van der Waals surface area contributed by atoms with Crippen LogP contribution in [0.25, 0.3) is 10.9 Å². The fraction of sp³-hybridized carbons (Fsp3) is 0.429. The van der Waals surface area contributed by atoms with Gasteiger partial charge >= 0.3 is 0 Å². The molecule has 3 heterocycles. The van der Waals surface area contributed by atoms with Crippen LogP contribution in [0.5, 0.6) is 17.2 Å². The average molecular weight is 398 g/mol. The minimum absolute atomic E-state index is 0.138. The normalized spacial score (nSPS) is 15.4. The van der Waals surface area contributed by atoms with E-state index in [1.165, 1.54) is 19.2 Å². The fourth-order valence-electron chi connectivity index (χ4n) is 3.94. The van der Waals surface area contributed by atoms with Gasteiger partial charge in [-0.2, -0.15) is 0 Å². The molecule has 4 rings (SSSR count). The van der Waals surface area contributed by atoms with Crippen LogP contribution in [-0.2, 0) is 0 Å². The van der Waals surface area contributed by atoms with Gasteiger partial charge in [0.15, 0.2) is 11.5 Å². The summed E-state index contributed by atoms with van der Waals surface area (Å²) in [5, 5.41) is 4.30. The highest BCUT2D eigenvalue weighted by Crippen LogP contribution is 2.43. The number of fused-ring (bicyclic) bond motifs is 1. The SMILES string of the molecule is COc1cc2c(NCC(c3ccco3)N3CCCC3)ncnc2c(OC)c1OC. The number of anilines is 1. The van der Waals surface area contributed by atoms with E-state index in [1.54, 1.807) is 27.6 Å². The zero-order chi connectivity index (χ0) is 20.2. The molecule has 1 aliphatic rings. The second-order valence-corrected chi connectivity index (χ2v) is 6.92. The van der Waals surface area contributed by atoms with Crippen molar-refractivity contribution in [2.24, 2.45) is 0 Å². The van der Waals surface area contributed by atoms with Gasteiger partial charge in [0.2, 0.25) is 5.75 Å². The average Bonchev–Trinajstić information content (AvgIpc) is 3.47. The third-order valence-corrected chi connectivity index (χ3v) is 5.35. The first-order chi connectivity index (χ1) is 14.3. The molecule has 8 nitrogen and oxygen atoms in total. The first-order valence-corrected chi connectivity index (χ1v) is 9.71. The highest BCUT2D eigenvalue weighted by molar-refractivity contribution is 5.96. The number of benzene rings is 1. The molecule has 0 radical (unpaired) electrons. The summed E-state index contributed by atoms with van der Waals surface area (Å²) in [5.41, 5.74) is 0.665. The first-order valence-electron chi connectivity index (χ1n) is 9.71. The number of nitrogens with zero attached hydrogens (tertiary/aromatic N) is 3. The molecular weight excluding hydrogens is 372 g/mol. The molecule has 3 aromatic rings. The minimum Gasteiger partial charge on any atom is -0.493 e. The standard InChI is InChI=1S/C21H26N4O4/c1-26-17-11-14-18(20(28-3)19(17)27-2)23-13-24-21(14)22-12-15(16-7-6-10-29-16)25-8-4-5-9-25/h6-7,10-11,13,15H,4-5,8-9,12H2,1-3H3,(H,22,23,24). The van der Waals surface area contributed by atoms with Gasteiger partial charge < -0.3 is 23.9 Å². The molecule has 0 amide bonds. The van der Waals surface area contributed by atoms with Crippen LogP contribution in [-0.4, -0.2) is 55.8 Å². The van der Waals surface area contributed by atoms with Crippen molar-refractivity contribution >= 4 is 16.7 Å². The van der Waals surface area contributed by atoms with Crippen molar-refractivity contribution in [1.82, 2.24) is 14.9 Å². The van der Waals surface area contributed by atoms with E-state index in [0.29, 0.717) is 35.1 Å². The van der Waals surface area contributed by atoms with Crippen LogP contribution < -0.4 is 19.5 Å². The first kappa shape index (κ1) is 19.3. The Hall–Kier alpha value is -3.00. The van der Waals surface area contributed by atoms with E-state index in [1.807, 2.05) is 18.2 Å². The third kappa shape index (κ3) is 3.67. The molecular formula is C21H26N4O4. The predicted molar refractivity (Wildman–Crippen MR) is 110 cm³/mol. The maximum Gasteiger partial charge on any atom is 0.205 e. The molecule has 154 valence electrons. The van der Waals surface area contributed by atoms with Crippen molar-refractivity contribution in [3.8, 4) is 17.2 Å². The second kappa shape index (κ2) is 8.57. The van der Waals surface area contributed by atoms with Gasteiger partial charge in [-0.3, -0.25) is 4.90 Å². The van der Waals surface area contributed by atoms with Crippen molar-refractivity contribution in [3.05, 3.63) is 36.5 Å². The summed E-state index contributed by atoms with van der Waals surface area (Å²) in [4.78, 5) is 11.3. The summed E-state index contributed by atoms with van der Waals surface area (Å²) in [5.74, 6) is 3.27. The number of rotatable bonds is 8. The monoisotopic (exact) mass is 398 g/mol. The van der Waals surface area contributed by atoms with Gasteiger partial charge in [-0.1, -0.05) is 0 Å². The van der Waals surface area contributed by atoms with Crippen LogP contribution in [0.2, 0.25) is 0 Å². The predicted octanol–water partition coefficient (Wildman–Crippen LogP) is 3.50. The van der Waals surface area contributed by atoms with Crippen molar-refractivity contribution in [2.45, 2.75) is 18.9 Å². The van der Waals surface area contributed by atoms with Gasteiger partial charge in [-0.05, 0) is 44.1 Å². The molecule has 2 aromatic heterocycles. The van der Waals surface area contributed by atoms with E-state index in [0.717, 1.165) is 24.2 Å². The summed E-state index contributed by atoms with van der Waals surface area (Å²) >= 11 is 0. The molecule has 1 unspecified atom stereocenters. The zero-order valence-corrected chi connectivity index (χ0v) is 17.0. The topological polar surface area (TPSA) is 81.9 Å². The minimum atomic E-state index is 0.138. The second-order valence-electron chi connectivity index (χ2n) is 6.92. The van der Waals surface area contributed by atoms with Crippen molar-refractivity contribution in [1.29, 1.82) is 0 Å². The molecule has 1 atom stereocenters. The maximum atomic E-state index is 5.72. The highest BCUT2D eigenvalue weighted by Gasteiger charge is 2.26. The molecule has 1 aromatic carbocycles. The Morgan fingerprint density at radius 2 is 1.90 bits per heavy atom. The molecule has 29 heavy (non-hydrogen) atoms. The Morgan fingerprint density at radius 1 is 1.10 bits per heavy atom. The van der Waals surface area contributed by atoms with E-state index in [4.69, 9.17) is 18.6 Å². The van der Waals surface area contributed by atoms with Gasteiger partial charge in [0, 0.05) is 6.54 Å². The number of methoxy groups -OCH3 is 3. The Balaban J connectivity index is 1.68. The van der Waals surface area contributed by atoms with Crippen LogP contribution in [0.4, 0.5) is 5.82 Å². The summed E-state index contributed by atoms with van der Waals surface area (Å²) in [6, 6.07) is 5.97. The summed E-state index contributed by atoms with van der Waals surface area (Å²) in [6.45, 7) is 2.79. The van der Waals surface area contributed by atoms with E-state index in [9.17, 15) is 0 Å². The van der Waals surface area contributed by atoms with Crippen molar-refractivity contribution in [2.75, 3.05) is 46.3 Å².